The number of para-hydroxylation sites is 2. The number of hydrogen-bond donors (Lipinski definition) is 0. The smallest absolute Gasteiger partial charge is 0.241 e. The molecule has 168 valence electrons. The molecule has 1 amide bonds. The molecule has 4 aromatic rings. The summed E-state index contributed by atoms with van der Waals surface area (Å²) in [6, 6.07) is 21.3. The lowest BCUT2D eigenvalue weighted by Gasteiger charge is -2.31. The van der Waals surface area contributed by atoms with E-state index in [2.05, 4.69) is 4.90 Å². The summed E-state index contributed by atoms with van der Waals surface area (Å²) in [6.07, 6.45) is 0. The minimum atomic E-state index is -0.463. The second kappa shape index (κ2) is 8.84. The van der Waals surface area contributed by atoms with Crippen LogP contribution in [-0.4, -0.2) is 50.1 Å². The zero-order chi connectivity index (χ0) is 22.9. The number of fused-ring (bicyclic) bond motifs is 3. The van der Waals surface area contributed by atoms with Crippen LogP contribution in [-0.2, 0) is 4.79 Å². The van der Waals surface area contributed by atoms with E-state index in [0.717, 1.165) is 45.1 Å². The van der Waals surface area contributed by atoms with E-state index in [0.29, 0.717) is 11.7 Å². The SMILES string of the molecule is COc1ccc2nc(N(CCN(C)C)C(=O)C3c4ccccc4Oc4ccccc43)sc2c1. The number of aromatic nitrogens is 1. The van der Waals surface area contributed by atoms with Gasteiger partial charge in [-0.15, -0.1) is 0 Å². The molecule has 0 radical (unpaired) electrons. The zero-order valence-corrected chi connectivity index (χ0v) is 19.6. The van der Waals surface area contributed by atoms with Gasteiger partial charge in [0.25, 0.3) is 0 Å². The van der Waals surface area contributed by atoms with Crippen molar-refractivity contribution in [2.24, 2.45) is 0 Å². The molecule has 3 aromatic carbocycles. The molecule has 0 saturated carbocycles. The minimum absolute atomic E-state index is 0.00827. The van der Waals surface area contributed by atoms with E-state index in [1.54, 1.807) is 7.11 Å². The number of likely N-dealkylation sites (N-methyl/N-ethyl adjacent to an activating group) is 1. The van der Waals surface area contributed by atoms with Gasteiger partial charge in [0.05, 0.1) is 23.2 Å². The third-order valence-corrected chi connectivity index (χ3v) is 6.82. The monoisotopic (exact) mass is 459 g/mol. The first kappa shape index (κ1) is 21.4. The summed E-state index contributed by atoms with van der Waals surface area (Å²) in [5.74, 6) is 1.74. The first-order chi connectivity index (χ1) is 16.0. The maximum atomic E-state index is 14.2. The molecule has 1 aromatic heterocycles. The van der Waals surface area contributed by atoms with E-state index >= 15 is 0 Å². The second-order valence-corrected chi connectivity index (χ2v) is 9.24. The number of carbonyl (C=O) groups is 1. The van der Waals surface area contributed by atoms with E-state index in [9.17, 15) is 4.79 Å². The number of nitrogens with zero attached hydrogens (tertiary/aromatic N) is 3. The number of hydrogen-bond acceptors (Lipinski definition) is 6. The molecule has 2 heterocycles. The first-order valence-corrected chi connectivity index (χ1v) is 11.6. The molecule has 1 aliphatic rings. The van der Waals surface area contributed by atoms with Gasteiger partial charge in [-0.2, -0.15) is 0 Å². The fourth-order valence-electron chi connectivity index (χ4n) is 4.07. The molecule has 6 nitrogen and oxygen atoms in total. The Labute approximate surface area is 197 Å². The maximum absolute atomic E-state index is 14.2. The lowest BCUT2D eigenvalue weighted by Crippen LogP contribution is -2.40. The third kappa shape index (κ3) is 4.05. The van der Waals surface area contributed by atoms with Crippen LogP contribution in [0.1, 0.15) is 17.0 Å². The van der Waals surface area contributed by atoms with E-state index in [1.165, 1.54) is 11.3 Å². The van der Waals surface area contributed by atoms with Gasteiger partial charge in [-0.3, -0.25) is 9.69 Å². The Hall–Kier alpha value is -3.42. The Balaban J connectivity index is 1.60. The largest absolute Gasteiger partial charge is 0.497 e. The van der Waals surface area contributed by atoms with E-state index in [-0.39, 0.29) is 5.91 Å². The van der Waals surface area contributed by atoms with E-state index in [4.69, 9.17) is 14.5 Å². The quantitative estimate of drug-likeness (QED) is 0.400. The van der Waals surface area contributed by atoms with Gasteiger partial charge in [0.1, 0.15) is 17.2 Å². The summed E-state index contributed by atoms with van der Waals surface area (Å²) < 4.78 is 12.5. The van der Waals surface area contributed by atoms with Gasteiger partial charge in [-0.25, -0.2) is 4.98 Å². The Bertz CT molecular complexity index is 1270. The number of amides is 1. The van der Waals surface area contributed by atoms with Crippen molar-refractivity contribution in [3.05, 3.63) is 77.9 Å². The van der Waals surface area contributed by atoms with Crippen LogP contribution in [0.5, 0.6) is 17.2 Å². The summed E-state index contributed by atoms with van der Waals surface area (Å²) in [4.78, 5) is 22.9. The Morgan fingerprint density at radius 1 is 1.00 bits per heavy atom. The predicted molar refractivity (Wildman–Crippen MR) is 132 cm³/mol. The van der Waals surface area contributed by atoms with Gasteiger partial charge in [-0.1, -0.05) is 47.7 Å². The highest BCUT2D eigenvalue weighted by molar-refractivity contribution is 7.22. The van der Waals surface area contributed by atoms with Crippen molar-refractivity contribution < 1.29 is 14.3 Å². The highest BCUT2D eigenvalue weighted by Gasteiger charge is 2.36. The van der Waals surface area contributed by atoms with E-state index in [1.807, 2.05) is 85.7 Å². The summed E-state index contributed by atoms with van der Waals surface area (Å²) in [7, 11) is 5.66. The fraction of sp³-hybridized carbons (Fsp3) is 0.231. The number of ether oxygens (including phenoxy) is 2. The lowest BCUT2D eigenvalue weighted by atomic mass is 9.87. The standard InChI is InChI=1S/C26H25N3O3S/c1-28(2)14-15-29(26-27-20-13-12-17(31-3)16-23(20)33-26)25(30)24-18-8-4-6-10-21(18)32-22-11-7-5-9-19(22)24/h4-13,16,24H,14-15H2,1-3H3. The molecular weight excluding hydrogens is 434 g/mol. The number of carbonyl (C=O) groups excluding carboxylic acids is 1. The molecule has 0 fully saturated rings. The zero-order valence-electron chi connectivity index (χ0n) is 18.8. The molecule has 0 unspecified atom stereocenters. The van der Waals surface area contributed by atoms with Gasteiger partial charge in [0, 0.05) is 24.2 Å². The van der Waals surface area contributed by atoms with Crippen LogP contribution in [0.15, 0.2) is 66.7 Å². The van der Waals surface area contributed by atoms with Crippen LogP contribution >= 0.6 is 11.3 Å². The summed E-state index contributed by atoms with van der Waals surface area (Å²) in [5.41, 5.74) is 2.60. The first-order valence-electron chi connectivity index (χ1n) is 10.8. The number of benzene rings is 3. The maximum Gasteiger partial charge on any atom is 0.241 e. The van der Waals surface area contributed by atoms with Crippen molar-refractivity contribution in [2.75, 3.05) is 39.2 Å². The molecule has 5 rings (SSSR count). The van der Waals surface area contributed by atoms with Gasteiger partial charge in [0.2, 0.25) is 5.91 Å². The van der Waals surface area contributed by atoms with Crippen molar-refractivity contribution in [2.45, 2.75) is 5.92 Å². The predicted octanol–water partition coefficient (Wildman–Crippen LogP) is 5.14. The number of methoxy groups -OCH3 is 1. The summed E-state index contributed by atoms with van der Waals surface area (Å²) in [5, 5.41) is 0.687. The molecule has 1 aliphatic heterocycles. The second-order valence-electron chi connectivity index (χ2n) is 8.23. The lowest BCUT2D eigenvalue weighted by molar-refractivity contribution is -0.119. The summed E-state index contributed by atoms with van der Waals surface area (Å²) >= 11 is 1.51. The molecule has 0 N–H and O–H groups in total. The van der Waals surface area contributed by atoms with Gasteiger partial charge >= 0.3 is 0 Å². The van der Waals surface area contributed by atoms with Crippen molar-refractivity contribution >= 4 is 32.6 Å². The van der Waals surface area contributed by atoms with Crippen LogP contribution in [0.25, 0.3) is 10.2 Å². The molecule has 33 heavy (non-hydrogen) atoms. The molecule has 0 atom stereocenters. The summed E-state index contributed by atoms with van der Waals surface area (Å²) in [6.45, 7) is 1.25. The minimum Gasteiger partial charge on any atom is -0.497 e. The highest BCUT2D eigenvalue weighted by Crippen LogP contribution is 2.45. The molecular formula is C26H25N3O3S. The van der Waals surface area contributed by atoms with Crippen LogP contribution < -0.4 is 14.4 Å². The molecule has 0 aliphatic carbocycles. The van der Waals surface area contributed by atoms with Crippen LogP contribution in [0.2, 0.25) is 0 Å². The average molecular weight is 460 g/mol. The van der Waals surface area contributed by atoms with Crippen LogP contribution in [0.4, 0.5) is 5.13 Å². The number of thiazole rings is 1. The fourth-order valence-corrected chi connectivity index (χ4v) is 5.09. The topological polar surface area (TPSA) is 54.9 Å². The Morgan fingerprint density at radius 2 is 1.67 bits per heavy atom. The Kier molecular flexibility index (Phi) is 5.74. The number of rotatable bonds is 6. The normalized spacial score (nSPS) is 12.8. The van der Waals surface area contributed by atoms with E-state index < -0.39 is 5.92 Å². The van der Waals surface area contributed by atoms with Gasteiger partial charge in [0.15, 0.2) is 5.13 Å². The van der Waals surface area contributed by atoms with Crippen molar-refractivity contribution in [3.8, 4) is 17.2 Å². The highest BCUT2D eigenvalue weighted by atomic mass is 32.1. The van der Waals surface area contributed by atoms with Crippen molar-refractivity contribution in [3.63, 3.8) is 0 Å². The molecule has 0 bridgehead atoms. The molecule has 0 spiro atoms. The Morgan fingerprint density at radius 3 is 2.30 bits per heavy atom. The molecule has 0 saturated heterocycles. The van der Waals surface area contributed by atoms with Crippen LogP contribution in [0.3, 0.4) is 0 Å². The molecule has 7 heteroatoms. The van der Waals surface area contributed by atoms with Crippen LogP contribution in [0, 0.1) is 0 Å². The van der Waals surface area contributed by atoms with Crippen molar-refractivity contribution in [1.29, 1.82) is 0 Å². The average Bonchev–Trinajstić information content (AvgIpc) is 3.25. The van der Waals surface area contributed by atoms with Crippen molar-refractivity contribution in [1.82, 2.24) is 9.88 Å². The van der Waals surface area contributed by atoms with Gasteiger partial charge < -0.3 is 14.4 Å². The third-order valence-electron chi connectivity index (χ3n) is 5.78. The number of anilines is 1. The van der Waals surface area contributed by atoms with Gasteiger partial charge in [-0.05, 0) is 44.4 Å².